The van der Waals surface area contributed by atoms with Crippen molar-refractivity contribution in [3.05, 3.63) is 169 Å². The first kappa shape index (κ1) is 22.2. The van der Waals surface area contributed by atoms with E-state index < -0.39 is 0 Å². The number of aromatic nitrogens is 2. The van der Waals surface area contributed by atoms with Gasteiger partial charge in [0.25, 0.3) is 0 Å². The average molecular weight is 665 g/mol. The Hall–Kier alpha value is -6.52. The molecule has 10 rings (SSSR count). The van der Waals surface area contributed by atoms with Crippen LogP contribution in [-0.4, -0.2) is 9.97 Å². The number of rotatable bonds is 5. The van der Waals surface area contributed by atoms with Gasteiger partial charge in [0.05, 0.1) is 11.0 Å². The molecule has 0 bridgehead atoms. The highest BCUT2D eigenvalue weighted by molar-refractivity contribution is 5.87. The molecule has 4 nitrogen and oxygen atoms in total. The maximum atomic E-state index is 8.29. The van der Waals surface area contributed by atoms with Crippen molar-refractivity contribution in [2.24, 2.45) is 0 Å². The largest absolute Gasteiger partial charge is 0.436 e. The molecule has 242 valence electrons. The van der Waals surface area contributed by atoms with Crippen molar-refractivity contribution < 1.29 is 19.8 Å². The molecule has 51 heavy (non-hydrogen) atoms. The molecule has 0 N–H and O–H groups in total. The second-order valence-electron chi connectivity index (χ2n) is 13.3. The van der Waals surface area contributed by atoms with Gasteiger partial charge in [-0.05, 0) is 128 Å². The van der Waals surface area contributed by atoms with Crippen LogP contribution in [0.5, 0.6) is 0 Å². The van der Waals surface area contributed by atoms with Crippen LogP contribution >= 0.6 is 0 Å². The van der Waals surface area contributed by atoms with Gasteiger partial charge in [0, 0.05) is 16.5 Å². The van der Waals surface area contributed by atoms with E-state index in [2.05, 4.69) is 84.5 Å². The van der Waals surface area contributed by atoms with Crippen LogP contribution < -0.4 is 0 Å². The lowest BCUT2D eigenvalue weighted by atomic mass is 9.81. The first-order valence-corrected chi connectivity index (χ1v) is 16.7. The zero-order valence-corrected chi connectivity index (χ0v) is 27.6. The Morgan fingerprint density at radius 2 is 0.902 bits per heavy atom. The summed E-state index contributed by atoms with van der Waals surface area (Å²) in [6.07, 6.45) is 0. The third kappa shape index (κ3) is 4.91. The van der Waals surface area contributed by atoms with Crippen LogP contribution in [0.4, 0.5) is 0 Å². The van der Waals surface area contributed by atoms with E-state index in [1.165, 1.54) is 22.3 Å². The topological polar surface area (TPSA) is 52.1 Å². The number of benzene rings is 7. The number of nitrogens with zero attached hydrogens (tertiary/aromatic N) is 2. The van der Waals surface area contributed by atoms with Gasteiger partial charge in [-0.3, -0.25) is 0 Å². The minimum absolute atomic E-state index is 0.0152. The van der Waals surface area contributed by atoms with E-state index in [9.17, 15) is 0 Å². The van der Waals surface area contributed by atoms with Gasteiger partial charge in [-0.25, -0.2) is 9.97 Å². The van der Waals surface area contributed by atoms with Gasteiger partial charge in [0.15, 0.2) is 11.2 Å². The zero-order chi connectivity index (χ0) is 41.1. The van der Waals surface area contributed by atoms with Crippen LogP contribution in [0.25, 0.3) is 89.6 Å². The predicted molar refractivity (Wildman–Crippen MR) is 206 cm³/mol. The van der Waals surface area contributed by atoms with E-state index in [0.29, 0.717) is 11.1 Å². The molecule has 0 saturated carbocycles. The minimum atomic E-state index is -0.370. The number of oxazole rings is 2. The van der Waals surface area contributed by atoms with Gasteiger partial charge in [-0.15, -0.1) is 0 Å². The number of para-hydroxylation sites is 4. The molecule has 0 amide bonds. The molecule has 0 saturated heterocycles. The Kier molecular flexibility index (Phi) is 4.91. The lowest BCUT2D eigenvalue weighted by Crippen LogP contribution is -2.14. The first-order chi connectivity index (χ1) is 28.3. The van der Waals surface area contributed by atoms with Crippen molar-refractivity contribution >= 4 is 22.2 Å². The number of fused-ring (bicyclic) bond motifs is 5. The van der Waals surface area contributed by atoms with E-state index in [1.807, 2.05) is 48.5 Å². The Balaban J connectivity index is 1.07. The van der Waals surface area contributed by atoms with Gasteiger partial charge in [0.1, 0.15) is 11.0 Å². The monoisotopic (exact) mass is 664 g/mol. The SMILES string of the molecule is [2H]c1c([2H])c([2H])c2oc(-c3ccc(-c4cc(-c5ccc(-c6nc7c([2H])c([2H])c([2H])c([2H])c7o6)cc5)cc(-c5ccc6c(c5)C(C)(C)c5ccccc5-6)c4)cc3)nc2c1[2H]. The van der Waals surface area contributed by atoms with Crippen molar-refractivity contribution in [1.29, 1.82) is 0 Å². The Labute approximate surface area is 306 Å². The molecule has 1 aliphatic rings. The zero-order valence-electron chi connectivity index (χ0n) is 35.6. The third-order valence-electron chi connectivity index (χ3n) is 9.87. The average Bonchev–Trinajstić information content (AvgIpc) is 3.98. The van der Waals surface area contributed by atoms with Crippen molar-refractivity contribution in [3.63, 3.8) is 0 Å². The summed E-state index contributed by atoms with van der Waals surface area (Å²) in [5.74, 6) is 0.402. The standard InChI is InChI=1S/C47H32N2O2/c1-47(2)39-10-4-3-9-37(39)38-24-23-33(28-40(38)47)36-26-34(29-15-19-31(20-16-29)45-48-41-11-5-7-13-43(41)50-45)25-35(27-36)30-17-21-32(22-18-30)46-49-42-12-6-8-14-44(42)51-46/h3-28H,1-2H3/i5D,6D,7D,8D,11D,12D,13D,14D. The van der Waals surface area contributed by atoms with E-state index in [0.717, 1.165) is 33.4 Å². The second kappa shape index (κ2) is 11.3. The van der Waals surface area contributed by atoms with E-state index in [-0.39, 0.29) is 87.7 Å². The quantitative estimate of drug-likeness (QED) is 0.184. The van der Waals surface area contributed by atoms with Crippen LogP contribution in [0.1, 0.15) is 35.9 Å². The molecule has 4 heteroatoms. The van der Waals surface area contributed by atoms with Crippen LogP contribution in [0.15, 0.2) is 166 Å². The summed E-state index contributed by atoms with van der Waals surface area (Å²) in [5.41, 5.74) is 12.2. The summed E-state index contributed by atoms with van der Waals surface area (Å²) in [4.78, 5) is 8.89. The minimum Gasteiger partial charge on any atom is -0.436 e. The molecule has 0 radical (unpaired) electrons. The van der Waals surface area contributed by atoms with Gasteiger partial charge < -0.3 is 8.83 Å². The molecule has 0 spiro atoms. The van der Waals surface area contributed by atoms with Crippen molar-refractivity contribution in [1.82, 2.24) is 9.97 Å². The Bertz CT molecular complexity index is 2970. The van der Waals surface area contributed by atoms with Gasteiger partial charge >= 0.3 is 0 Å². The van der Waals surface area contributed by atoms with E-state index >= 15 is 0 Å². The van der Waals surface area contributed by atoms with Gasteiger partial charge in [-0.1, -0.05) is 98.7 Å². The fourth-order valence-corrected chi connectivity index (χ4v) is 7.21. The molecule has 0 unspecified atom stereocenters. The Morgan fingerprint density at radius 1 is 0.451 bits per heavy atom. The first-order valence-electron chi connectivity index (χ1n) is 20.7. The van der Waals surface area contributed by atoms with Crippen LogP contribution in [-0.2, 0) is 5.41 Å². The molecule has 9 aromatic rings. The summed E-state index contributed by atoms with van der Waals surface area (Å²) in [5, 5.41) is 0. The van der Waals surface area contributed by atoms with Crippen molar-refractivity contribution in [3.8, 4) is 67.4 Å². The molecule has 7 aromatic carbocycles. The highest BCUT2D eigenvalue weighted by Crippen LogP contribution is 2.49. The number of hydrogen-bond donors (Lipinski definition) is 0. The molecular weight excluding hydrogens is 625 g/mol. The lowest BCUT2D eigenvalue weighted by Gasteiger charge is -2.22. The summed E-state index contributed by atoms with van der Waals surface area (Å²) in [6, 6.07) is 34.5. The third-order valence-corrected chi connectivity index (χ3v) is 9.87. The lowest BCUT2D eigenvalue weighted by molar-refractivity contribution is 0.619. The molecule has 2 heterocycles. The molecule has 0 atom stereocenters. The molecule has 2 aromatic heterocycles. The van der Waals surface area contributed by atoms with Crippen molar-refractivity contribution in [2.75, 3.05) is 0 Å². The fourth-order valence-electron chi connectivity index (χ4n) is 7.21. The van der Waals surface area contributed by atoms with E-state index in [1.54, 1.807) is 0 Å². The highest BCUT2D eigenvalue weighted by Gasteiger charge is 2.35. The Morgan fingerprint density at radius 3 is 1.47 bits per heavy atom. The van der Waals surface area contributed by atoms with Gasteiger partial charge in [0.2, 0.25) is 11.8 Å². The normalized spacial score (nSPS) is 15.3. The maximum Gasteiger partial charge on any atom is 0.227 e. The van der Waals surface area contributed by atoms with E-state index in [4.69, 9.17) is 19.8 Å². The molecule has 0 aliphatic heterocycles. The second-order valence-corrected chi connectivity index (χ2v) is 13.3. The van der Waals surface area contributed by atoms with Crippen molar-refractivity contribution in [2.45, 2.75) is 19.3 Å². The summed E-state index contributed by atoms with van der Waals surface area (Å²) in [6.45, 7) is 4.53. The fraction of sp³-hybridized carbons (Fsp3) is 0.0638. The molecule has 1 aliphatic carbocycles. The summed E-state index contributed by atoms with van der Waals surface area (Å²) < 4.78 is 77.1. The highest BCUT2D eigenvalue weighted by atomic mass is 16.4. The van der Waals surface area contributed by atoms with Crippen LogP contribution in [0, 0.1) is 0 Å². The maximum absolute atomic E-state index is 8.29. The van der Waals surface area contributed by atoms with Gasteiger partial charge in [-0.2, -0.15) is 0 Å². The smallest absolute Gasteiger partial charge is 0.227 e. The molecule has 0 fully saturated rings. The summed E-state index contributed by atoms with van der Waals surface area (Å²) in [7, 11) is 0. The van der Waals surface area contributed by atoms with Crippen LogP contribution in [0.3, 0.4) is 0 Å². The molecular formula is C47H32N2O2. The predicted octanol–water partition coefficient (Wildman–Crippen LogP) is 12.6. The summed E-state index contributed by atoms with van der Waals surface area (Å²) >= 11 is 0. The van der Waals surface area contributed by atoms with Crippen LogP contribution in [0.2, 0.25) is 0 Å². The number of hydrogen-bond acceptors (Lipinski definition) is 4.